The third kappa shape index (κ3) is 7.43. The molecule has 11 heteroatoms. The van der Waals surface area contributed by atoms with Crippen LogP contribution in [0.4, 0.5) is 4.79 Å². The van der Waals surface area contributed by atoms with Crippen molar-refractivity contribution in [3.8, 4) is 0 Å². The van der Waals surface area contributed by atoms with Crippen molar-refractivity contribution < 1.29 is 43.3 Å². The van der Waals surface area contributed by atoms with Gasteiger partial charge in [0.2, 0.25) is 5.28 Å². The molecule has 0 saturated heterocycles. The van der Waals surface area contributed by atoms with Gasteiger partial charge >= 0.3 is 23.7 Å². The first-order valence-electron chi connectivity index (χ1n) is 9.08. The van der Waals surface area contributed by atoms with E-state index in [1.807, 2.05) is 0 Å². The summed E-state index contributed by atoms with van der Waals surface area (Å²) < 4.78 is 16.1. The Bertz CT molecular complexity index is 745. The van der Waals surface area contributed by atoms with Gasteiger partial charge in [0, 0.05) is 19.9 Å². The SMILES string of the molecule is CCOC(=O)C(/C=C1\C(=N\OC(=O)OC(C)(C)C)ON=[N+]1C(C)C)=C(\[O-])OCC. The number of hydrogen-bond acceptors (Lipinski definition) is 10. The summed E-state index contributed by atoms with van der Waals surface area (Å²) in [7, 11) is 0. The molecule has 0 saturated carbocycles. The minimum absolute atomic E-state index is 0.0579. The lowest BCUT2D eigenvalue weighted by Gasteiger charge is -2.17. The minimum Gasteiger partial charge on any atom is -0.613 e. The van der Waals surface area contributed by atoms with Crippen molar-refractivity contribution in [3.63, 3.8) is 0 Å². The maximum absolute atomic E-state index is 12.2. The second-order valence-corrected chi connectivity index (χ2v) is 6.95. The molecule has 0 aromatic heterocycles. The fourth-order valence-corrected chi connectivity index (χ4v) is 1.94. The van der Waals surface area contributed by atoms with E-state index in [9.17, 15) is 14.7 Å². The highest BCUT2D eigenvalue weighted by Gasteiger charge is 2.37. The molecule has 0 radical (unpaired) electrons. The Kier molecular flexibility index (Phi) is 8.61. The van der Waals surface area contributed by atoms with Crippen molar-refractivity contribution in [2.45, 2.75) is 60.1 Å². The molecule has 0 aromatic carbocycles. The molecule has 29 heavy (non-hydrogen) atoms. The second kappa shape index (κ2) is 10.4. The first-order valence-corrected chi connectivity index (χ1v) is 9.08. The Morgan fingerprint density at radius 3 is 2.38 bits per heavy atom. The van der Waals surface area contributed by atoms with Gasteiger partial charge in [-0.2, -0.15) is 0 Å². The van der Waals surface area contributed by atoms with Gasteiger partial charge in [-0.25, -0.2) is 9.59 Å². The summed E-state index contributed by atoms with van der Waals surface area (Å²) in [6.07, 6.45) is 0.0972. The Balaban J connectivity index is 3.30. The van der Waals surface area contributed by atoms with Crippen molar-refractivity contribution in [3.05, 3.63) is 23.3 Å². The minimum atomic E-state index is -1.06. The summed E-state index contributed by atoms with van der Waals surface area (Å²) in [5.41, 5.74) is -1.07. The van der Waals surface area contributed by atoms with Gasteiger partial charge in [-0.15, -0.1) is 0 Å². The molecule has 1 heterocycles. The van der Waals surface area contributed by atoms with Crippen LogP contribution in [0.3, 0.4) is 0 Å². The normalized spacial score (nSPS) is 17.6. The maximum Gasteiger partial charge on any atom is 0.535 e. The van der Waals surface area contributed by atoms with Crippen molar-refractivity contribution >= 4 is 18.0 Å². The van der Waals surface area contributed by atoms with E-state index in [0.29, 0.717) is 0 Å². The third-order valence-corrected chi connectivity index (χ3v) is 3.03. The van der Waals surface area contributed by atoms with E-state index in [0.717, 1.165) is 6.08 Å². The molecule has 1 aliphatic heterocycles. The Hall–Kier alpha value is -3.11. The van der Waals surface area contributed by atoms with Crippen LogP contribution in [0.2, 0.25) is 0 Å². The van der Waals surface area contributed by atoms with Gasteiger partial charge in [-0.05, 0) is 44.2 Å². The van der Waals surface area contributed by atoms with Crippen molar-refractivity contribution in [2.75, 3.05) is 13.2 Å². The molecule has 0 atom stereocenters. The fourth-order valence-electron chi connectivity index (χ4n) is 1.94. The summed E-state index contributed by atoms with van der Waals surface area (Å²) in [5, 5.41) is 19.6. The molecule has 0 aromatic rings. The molecule has 0 spiro atoms. The number of carbonyl (C=O) groups excluding carboxylic acids is 2. The van der Waals surface area contributed by atoms with Gasteiger partial charge in [0.1, 0.15) is 5.60 Å². The Morgan fingerprint density at radius 2 is 1.86 bits per heavy atom. The van der Waals surface area contributed by atoms with Gasteiger partial charge in [-0.3, -0.25) is 9.68 Å². The van der Waals surface area contributed by atoms with Crippen LogP contribution in [0, 0.1) is 0 Å². The van der Waals surface area contributed by atoms with E-state index >= 15 is 0 Å². The molecule has 1 aliphatic rings. The quantitative estimate of drug-likeness (QED) is 0.155. The van der Waals surface area contributed by atoms with Crippen LogP contribution in [-0.2, 0) is 28.7 Å². The predicted molar refractivity (Wildman–Crippen MR) is 97.0 cm³/mol. The van der Waals surface area contributed by atoms with Crippen molar-refractivity contribution in [1.82, 2.24) is 0 Å². The van der Waals surface area contributed by atoms with Gasteiger partial charge < -0.3 is 19.3 Å². The third-order valence-electron chi connectivity index (χ3n) is 3.03. The van der Waals surface area contributed by atoms with Crippen LogP contribution in [0.1, 0.15) is 48.5 Å². The van der Waals surface area contributed by atoms with Crippen LogP contribution < -0.4 is 5.11 Å². The lowest BCUT2D eigenvalue weighted by molar-refractivity contribution is -0.577. The zero-order valence-corrected chi connectivity index (χ0v) is 17.7. The number of hydrogen-bond donors (Lipinski definition) is 0. The molecule has 0 bridgehead atoms. The van der Waals surface area contributed by atoms with E-state index in [1.54, 1.807) is 48.5 Å². The molecular formula is C18H27N3O8. The van der Waals surface area contributed by atoms with Crippen LogP contribution >= 0.6 is 0 Å². The van der Waals surface area contributed by atoms with E-state index in [-0.39, 0.29) is 36.4 Å². The number of oxime groups is 1. The maximum atomic E-state index is 12.2. The van der Waals surface area contributed by atoms with E-state index in [4.69, 9.17) is 23.9 Å². The summed E-state index contributed by atoms with van der Waals surface area (Å²) in [6, 6.07) is -0.235. The topological polar surface area (TPSA) is 131 Å². The van der Waals surface area contributed by atoms with E-state index in [1.165, 1.54) is 4.70 Å². The van der Waals surface area contributed by atoms with E-state index < -0.39 is 23.7 Å². The average molecular weight is 413 g/mol. The smallest absolute Gasteiger partial charge is 0.535 e. The highest BCUT2D eigenvalue weighted by molar-refractivity contribution is 5.97. The molecule has 0 amide bonds. The number of ether oxygens (including phenoxy) is 3. The molecule has 162 valence electrons. The van der Waals surface area contributed by atoms with Gasteiger partial charge in [0.05, 0.1) is 18.1 Å². The van der Waals surface area contributed by atoms with Crippen LogP contribution in [0.5, 0.6) is 0 Å². The van der Waals surface area contributed by atoms with Crippen LogP contribution in [-0.4, -0.2) is 47.6 Å². The van der Waals surface area contributed by atoms with Gasteiger partial charge in [-0.1, -0.05) is 6.92 Å². The predicted octanol–water partition coefficient (Wildman–Crippen LogP) is 2.13. The van der Waals surface area contributed by atoms with Gasteiger partial charge in [0.25, 0.3) is 0 Å². The number of nitrogens with zero attached hydrogens (tertiary/aromatic N) is 3. The Labute approximate surface area is 169 Å². The largest absolute Gasteiger partial charge is 0.613 e. The lowest BCUT2D eigenvalue weighted by atomic mass is 10.2. The molecule has 11 nitrogen and oxygen atoms in total. The molecule has 0 fully saturated rings. The summed E-state index contributed by atoms with van der Waals surface area (Å²) in [6.45, 7) is 11.9. The first kappa shape index (κ1) is 23.9. The molecule has 0 aliphatic carbocycles. The van der Waals surface area contributed by atoms with Crippen molar-refractivity contribution in [1.29, 1.82) is 0 Å². The van der Waals surface area contributed by atoms with E-state index in [2.05, 4.69) is 10.4 Å². The molecule has 0 N–H and O–H groups in total. The van der Waals surface area contributed by atoms with Crippen molar-refractivity contribution in [2.24, 2.45) is 10.4 Å². The van der Waals surface area contributed by atoms with Gasteiger partial charge in [0.15, 0.2) is 6.04 Å². The molecular weight excluding hydrogens is 386 g/mol. The zero-order chi connectivity index (χ0) is 22.2. The standard InChI is InChI=1S/C18H27N3O8/c1-8-25-15(22)12(16(23)26-9-2)10-13-14(28-20-21(13)11(3)4)19-29-17(24)27-18(5,6)7/h10-11H,8-9H2,1-7H3. The number of carbonyl (C=O) groups is 2. The highest BCUT2D eigenvalue weighted by atomic mass is 16.8. The highest BCUT2D eigenvalue weighted by Crippen LogP contribution is 2.20. The second-order valence-electron chi connectivity index (χ2n) is 6.95. The fraction of sp³-hybridized carbons (Fsp3) is 0.611. The van der Waals surface area contributed by atoms with Crippen LogP contribution in [0.15, 0.2) is 33.7 Å². The lowest BCUT2D eigenvalue weighted by Crippen LogP contribution is -2.24. The monoisotopic (exact) mass is 413 g/mol. The summed E-state index contributed by atoms with van der Waals surface area (Å²) >= 11 is 0. The summed E-state index contributed by atoms with van der Waals surface area (Å²) in [4.78, 5) is 33.7. The zero-order valence-electron chi connectivity index (χ0n) is 17.7. The molecule has 0 unspecified atom stereocenters. The molecule has 1 rings (SSSR count). The number of esters is 1. The first-order chi connectivity index (χ1) is 13.5. The average Bonchev–Trinajstić information content (AvgIpc) is 2.99. The number of rotatable bonds is 7. The van der Waals surface area contributed by atoms with Crippen LogP contribution in [0.25, 0.3) is 0 Å². The summed E-state index contributed by atoms with van der Waals surface area (Å²) in [5.74, 6) is -2.03. The Morgan fingerprint density at radius 1 is 1.24 bits per heavy atom.